The molecular formula is C22H20N2O4. The number of hydrogen-bond acceptors (Lipinski definition) is 5. The van der Waals surface area contributed by atoms with Crippen LogP contribution in [0.3, 0.4) is 0 Å². The van der Waals surface area contributed by atoms with E-state index in [9.17, 15) is 9.90 Å². The molecule has 0 fully saturated rings. The first-order valence-corrected chi connectivity index (χ1v) is 8.69. The lowest BCUT2D eigenvalue weighted by atomic mass is 10.2. The van der Waals surface area contributed by atoms with Crippen LogP contribution in [0.15, 0.2) is 84.0 Å². The van der Waals surface area contributed by atoms with E-state index in [-0.39, 0.29) is 18.3 Å². The molecule has 0 spiro atoms. The number of rotatable bonds is 8. The highest BCUT2D eigenvalue weighted by atomic mass is 16.5. The molecule has 0 saturated heterocycles. The summed E-state index contributed by atoms with van der Waals surface area (Å²) in [5.41, 5.74) is 4.23. The summed E-state index contributed by atoms with van der Waals surface area (Å²) in [6, 6.07) is 23.4. The van der Waals surface area contributed by atoms with Crippen LogP contribution in [0.2, 0.25) is 0 Å². The number of carbonyl (C=O) groups is 1. The molecule has 0 heterocycles. The van der Waals surface area contributed by atoms with Gasteiger partial charge in [0, 0.05) is 0 Å². The lowest BCUT2D eigenvalue weighted by Gasteiger charge is -2.08. The van der Waals surface area contributed by atoms with E-state index in [4.69, 9.17) is 9.47 Å². The molecule has 3 rings (SSSR count). The van der Waals surface area contributed by atoms with Gasteiger partial charge in [-0.05, 0) is 59.7 Å². The number of nitrogens with zero attached hydrogens (tertiary/aromatic N) is 1. The van der Waals surface area contributed by atoms with Crippen molar-refractivity contribution in [2.75, 3.05) is 6.61 Å². The third-order valence-electron chi connectivity index (χ3n) is 3.74. The van der Waals surface area contributed by atoms with E-state index in [0.717, 1.165) is 16.9 Å². The minimum atomic E-state index is -0.376. The second-order valence-corrected chi connectivity index (χ2v) is 5.92. The first-order chi connectivity index (χ1) is 13.7. The molecule has 0 radical (unpaired) electrons. The Labute approximate surface area is 163 Å². The molecule has 6 nitrogen and oxygen atoms in total. The Balaban J connectivity index is 1.40. The third-order valence-corrected chi connectivity index (χ3v) is 3.74. The number of benzene rings is 3. The van der Waals surface area contributed by atoms with Crippen molar-refractivity contribution in [2.45, 2.75) is 6.61 Å². The quantitative estimate of drug-likeness (QED) is 0.466. The summed E-state index contributed by atoms with van der Waals surface area (Å²) < 4.78 is 11.1. The minimum Gasteiger partial charge on any atom is -0.508 e. The molecule has 0 aliphatic carbocycles. The zero-order valence-electron chi connectivity index (χ0n) is 15.1. The molecule has 0 aromatic heterocycles. The summed E-state index contributed by atoms with van der Waals surface area (Å²) in [6.45, 7) is 0.333. The van der Waals surface area contributed by atoms with Crippen molar-refractivity contribution >= 4 is 12.1 Å². The fraction of sp³-hybridized carbons (Fsp3) is 0.0909. The van der Waals surface area contributed by atoms with Crippen LogP contribution < -0.4 is 14.9 Å². The molecule has 3 aromatic carbocycles. The normalized spacial score (nSPS) is 10.6. The van der Waals surface area contributed by atoms with Crippen LogP contribution in [0.1, 0.15) is 11.1 Å². The number of phenolic OH excluding ortho intramolecular Hbond substituents is 1. The van der Waals surface area contributed by atoms with E-state index < -0.39 is 0 Å². The molecule has 3 aromatic rings. The first-order valence-electron chi connectivity index (χ1n) is 8.69. The maximum atomic E-state index is 11.8. The monoisotopic (exact) mass is 376 g/mol. The van der Waals surface area contributed by atoms with Crippen molar-refractivity contribution in [3.63, 3.8) is 0 Å². The number of hydrogen-bond donors (Lipinski definition) is 2. The van der Waals surface area contributed by atoms with Gasteiger partial charge in [0.25, 0.3) is 5.91 Å². The number of carbonyl (C=O) groups excluding carboxylic acids is 1. The number of nitrogens with one attached hydrogen (secondary N) is 1. The van der Waals surface area contributed by atoms with E-state index in [1.807, 2.05) is 30.3 Å². The standard InChI is InChI=1S/C22H20N2O4/c25-19-8-6-17(7-9-19)14-23-24-22(26)16-28-21-12-10-20(11-13-21)27-15-18-4-2-1-3-5-18/h1-14,25H,15-16H2,(H,24,26)/b23-14-. The summed E-state index contributed by atoms with van der Waals surface area (Å²) >= 11 is 0. The Morgan fingerprint density at radius 2 is 1.54 bits per heavy atom. The van der Waals surface area contributed by atoms with E-state index in [2.05, 4.69) is 10.5 Å². The average molecular weight is 376 g/mol. The average Bonchev–Trinajstić information content (AvgIpc) is 2.74. The summed E-state index contributed by atoms with van der Waals surface area (Å²) in [4.78, 5) is 11.8. The van der Waals surface area contributed by atoms with Gasteiger partial charge in [0.1, 0.15) is 23.9 Å². The summed E-state index contributed by atoms with van der Waals surface area (Å²) in [6.07, 6.45) is 1.48. The van der Waals surface area contributed by atoms with E-state index in [1.165, 1.54) is 6.21 Å². The number of ether oxygens (including phenoxy) is 2. The second kappa shape index (κ2) is 9.78. The van der Waals surface area contributed by atoms with Gasteiger partial charge >= 0.3 is 0 Å². The van der Waals surface area contributed by atoms with Gasteiger partial charge in [-0.3, -0.25) is 4.79 Å². The summed E-state index contributed by atoms with van der Waals surface area (Å²) in [5, 5.41) is 13.1. The Morgan fingerprint density at radius 1 is 0.893 bits per heavy atom. The fourth-order valence-corrected chi connectivity index (χ4v) is 2.29. The summed E-state index contributed by atoms with van der Waals surface area (Å²) in [5.74, 6) is 1.08. The van der Waals surface area contributed by atoms with Crippen LogP contribution in [0.4, 0.5) is 0 Å². The largest absolute Gasteiger partial charge is 0.508 e. The summed E-state index contributed by atoms with van der Waals surface area (Å²) in [7, 11) is 0. The van der Waals surface area contributed by atoms with Gasteiger partial charge < -0.3 is 14.6 Å². The van der Waals surface area contributed by atoms with E-state index in [1.54, 1.807) is 48.5 Å². The maximum Gasteiger partial charge on any atom is 0.277 e. The van der Waals surface area contributed by atoms with Crippen molar-refractivity contribution in [1.82, 2.24) is 5.43 Å². The smallest absolute Gasteiger partial charge is 0.277 e. The van der Waals surface area contributed by atoms with Crippen molar-refractivity contribution in [1.29, 1.82) is 0 Å². The maximum absolute atomic E-state index is 11.8. The molecule has 142 valence electrons. The molecular weight excluding hydrogens is 356 g/mol. The predicted octanol–water partition coefficient (Wildman–Crippen LogP) is 3.50. The molecule has 2 N–H and O–H groups in total. The Hall–Kier alpha value is -3.80. The zero-order chi connectivity index (χ0) is 19.6. The highest BCUT2D eigenvalue weighted by Gasteiger charge is 2.02. The van der Waals surface area contributed by atoms with Crippen molar-refractivity contribution < 1.29 is 19.4 Å². The first kappa shape index (κ1) is 19.0. The van der Waals surface area contributed by atoms with E-state index >= 15 is 0 Å². The van der Waals surface area contributed by atoms with Crippen molar-refractivity contribution in [3.05, 3.63) is 90.0 Å². The molecule has 1 amide bonds. The van der Waals surface area contributed by atoms with Gasteiger partial charge in [-0.1, -0.05) is 30.3 Å². The fourth-order valence-electron chi connectivity index (χ4n) is 2.29. The van der Waals surface area contributed by atoms with Gasteiger partial charge in [-0.15, -0.1) is 0 Å². The van der Waals surface area contributed by atoms with Gasteiger partial charge in [0.05, 0.1) is 6.21 Å². The number of hydrazone groups is 1. The highest BCUT2D eigenvalue weighted by molar-refractivity contribution is 5.83. The van der Waals surface area contributed by atoms with Crippen LogP contribution in [0.25, 0.3) is 0 Å². The van der Waals surface area contributed by atoms with Gasteiger partial charge in [-0.2, -0.15) is 5.10 Å². The number of phenols is 1. The van der Waals surface area contributed by atoms with Crippen LogP contribution >= 0.6 is 0 Å². The Morgan fingerprint density at radius 3 is 2.21 bits per heavy atom. The molecule has 28 heavy (non-hydrogen) atoms. The van der Waals surface area contributed by atoms with Crippen LogP contribution in [0.5, 0.6) is 17.2 Å². The second-order valence-electron chi connectivity index (χ2n) is 5.92. The van der Waals surface area contributed by atoms with Crippen LogP contribution in [-0.4, -0.2) is 23.8 Å². The number of aromatic hydroxyl groups is 1. The highest BCUT2D eigenvalue weighted by Crippen LogP contribution is 2.18. The third kappa shape index (κ3) is 6.17. The van der Waals surface area contributed by atoms with Gasteiger partial charge in [-0.25, -0.2) is 5.43 Å². The molecule has 0 bridgehead atoms. The lowest BCUT2D eigenvalue weighted by Crippen LogP contribution is -2.24. The molecule has 0 atom stereocenters. The van der Waals surface area contributed by atoms with E-state index in [0.29, 0.717) is 12.4 Å². The van der Waals surface area contributed by atoms with Crippen molar-refractivity contribution in [2.24, 2.45) is 5.10 Å². The molecule has 0 aliphatic heterocycles. The predicted molar refractivity (Wildman–Crippen MR) is 107 cm³/mol. The Bertz CT molecular complexity index is 908. The zero-order valence-corrected chi connectivity index (χ0v) is 15.1. The van der Waals surface area contributed by atoms with Gasteiger partial charge in [0.15, 0.2) is 6.61 Å². The lowest BCUT2D eigenvalue weighted by molar-refractivity contribution is -0.123. The molecule has 6 heteroatoms. The van der Waals surface area contributed by atoms with Crippen LogP contribution in [-0.2, 0) is 11.4 Å². The van der Waals surface area contributed by atoms with Crippen LogP contribution in [0, 0.1) is 0 Å². The van der Waals surface area contributed by atoms with Crippen molar-refractivity contribution in [3.8, 4) is 17.2 Å². The number of amides is 1. The molecule has 0 aliphatic rings. The molecule has 0 unspecified atom stereocenters. The minimum absolute atomic E-state index is 0.156. The topological polar surface area (TPSA) is 80.2 Å². The Kier molecular flexibility index (Phi) is 6.62. The molecule has 0 saturated carbocycles. The van der Waals surface area contributed by atoms with Gasteiger partial charge in [0.2, 0.25) is 0 Å². The SMILES string of the molecule is O=C(COc1ccc(OCc2ccccc2)cc1)N/N=C\c1ccc(O)cc1.